The molecule has 7 heteroatoms. The average molecular weight is 410 g/mol. The summed E-state index contributed by atoms with van der Waals surface area (Å²) in [6.07, 6.45) is 1.70. The van der Waals surface area contributed by atoms with E-state index in [1.54, 1.807) is 18.3 Å². The van der Waals surface area contributed by atoms with Gasteiger partial charge in [0.05, 0.1) is 10.0 Å². The number of aryl methyl sites for hydroxylation is 1. The maximum Gasteiger partial charge on any atom is 0.200 e. The average Bonchev–Trinajstić information content (AvgIpc) is 2.92. The minimum absolute atomic E-state index is 0.110. The summed E-state index contributed by atoms with van der Waals surface area (Å²) in [5.74, 6) is 1.09. The smallest absolute Gasteiger partial charge is 0.200 e. The van der Waals surface area contributed by atoms with Gasteiger partial charge in [0.2, 0.25) is 0 Å². The lowest BCUT2D eigenvalue weighted by molar-refractivity contribution is 0.473. The zero-order chi connectivity index (χ0) is 15.0. The molecule has 2 heterocycles. The van der Waals surface area contributed by atoms with Crippen LogP contribution in [-0.4, -0.2) is 25.3 Å². The van der Waals surface area contributed by atoms with E-state index in [-0.39, 0.29) is 5.75 Å². The number of nitrogens with one attached hydrogen (secondary N) is 1. The van der Waals surface area contributed by atoms with E-state index in [0.717, 1.165) is 10.0 Å². The van der Waals surface area contributed by atoms with E-state index in [4.69, 9.17) is 0 Å². The molecule has 0 aliphatic carbocycles. The molecule has 2 aromatic heterocycles. The molecule has 3 rings (SSSR count). The quantitative estimate of drug-likeness (QED) is 0.668. The molecule has 2 N–H and O–H groups in total. The number of nitrogens with zero attached hydrogens (tertiary/aromatic N) is 3. The lowest BCUT2D eigenvalue weighted by Gasteiger charge is -2.04. The van der Waals surface area contributed by atoms with Crippen LogP contribution in [0.1, 0.15) is 5.56 Å². The fourth-order valence-corrected chi connectivity index (χ4v) is 3.18. The molecule has 0 bridgehead atoms. The van der Waals surface area contributed by atoms with Crippen LogP contribution in [0.15, 0.2) is 39.4 Å². The Hall–Kier alpha value is -1.73. The molecule has 0 aliphatic rings. The lowest BCUT2D eigenvalue weighted by atomic mass is 10.2. The number of hydrogen-bond donors (Lipinski definition) is 2. The molecule has 1 aromatic carbocycles. The molecule has 0 saturated carbocycles. The number of aromatic nitrogens is 4. The number of benzene rings is 1. The fraction of sp³-hybridized carbons (Fsp3) is 0.0714. The number of phenolic OH excluding ortho intramolecular Hbond substituents is 1. The van der Waals surface area contributed by atoms with Crippen molar-refractivity contribution in [3.05, 3.63) is 45.0 Å². The molecular weight excluding hydrogens is 400 g/mol. The minimum Gasteiger partial charge on any atom is -0.506 e. The van der Waals surface area contributed by atoms with Gasteiger partial charge in [-0.25, -0.2) is 4.98 Å². The van der Waals surface area contributed by atoms with Crippen LogP contribution in [0.5, 0.6) is 5.75 Å². The summed E-state index contributed by atoms with van der Waals surface area (Å²) in [6.45, 7) is 1.95. The van der Waals surface area contributed by atoms with Crippen LogP contribution in [0.25, 0.3) is 22.9 Å². The third-order valence-electron chi connectivity index (χ3n) is 2.99. The molecule has 0 radical (unpaired) electrons. The second-order valence-corrected chi connectivity index (χ2v) is 6.23. The first-order valence-electron chi connectivity index (χ1n) is 6.09. The summed E-state index contributed by atoms with van der Waals surface area (Å²) in [6, 6.07) is 7.35. The van der Waals surface area contributed by atoms with E-state index in [1.165, 1.54) is 0 Å². The van der Waals surface area contributed by atoms with Gasteiger partial charge in [-0.05, 0) is 46.6 Å². The maximum absolute atomic E-state index is 10.1. The van der Waals surface area contributed by atoms with Crippen molar-refractivity contribution in [2.75, 3.05) is 0 Å². The molecule has 106 valence electrons. The Morgan fingerprint density at radius 1 is 1.24 bits per heavy atom. The molecule has 5 nitrogen and oxygen atoms in total. The Kier molecular flexibility index (Phi) is 3.77. The molecule has 3 aromatic rings. The molecule has 0 amide bonds. The van der Waals surface area contributed by atoms with Crippen molar-refractivity contribution >= 4 is 31.9 Å². The van der Waals surface area contributed by atoms with E-state index < -0.39 is 0 Å². The summed E-state index contributed by atoms with van der Waals surface area (Å²) in [5, 5.41) is 17.2. The van der Waals surface area contributed by atoms with Crippen LogP contribution >= 0.6 is 31.9 Å². The predicted octanol–water partition coefficient (Wildman–Crippen LogP) is 4.07. The second-order valence-electron chi connectivity index (χ2n) is 4.46. The Balaban J connectivity index is 2.09. The molecule has 0 aliphatic heterocycles. The van der Waals surface area contributed by atoms with Gasteiger partial charge in [-0.15, -0.1) is 0 Å². The van der Waals surface area contributed by atoms with Crippen LogP contribution in [-0.2, 0) is 0 Å². The first kappa shape index (κ1) is 14.2. The number of H-pyrrole nitrogens is 1. The number of hydrogen-bond acceptors (Lipinski definition) is 4. The molecular formula is C14H10Br2N4O. The molecule has 0 saturated heterocycles. The number of aromatic amines is 1. The van der Waals surface area contributed by atoms with E-state index in [1.807, 2.05) is 19.1 Å². The fourth-order valence-electron chi connectivity index (χ4n) is 1.95. The highest BCUT2D eigenvalue weighted by molar-refractivity contribution is 9.11. The SMILES string of the molecule is Cc1cccnc1-c1n[nH]c(-c2cc(Br)cc(Br)c2O)n1. The standard InChI is InChI=1S/C14H10Br2N4O/c1-7-3-2-4-17-11(7)14-18-13(19-20-14)9-5-8(15)6-10(16)12(9)21/h2-6,21H,1H3,(H,18,19,20). The first-order valence-corrected chi connectivity index (χ1v) is 7.67. The summed E-state index contributed by atoms with van der Waals surface area (Å²) in [7, 11) is 0. The molecule has 0 spiro atoms. The van der Waals surface area contributed by atoms with Crippen molar-refractivity contribution in [3.63, 3.8) is 0 Å². The van der Waals surface area contributed by atoms with E-state index in [0.29, 0.717) is 27.4 Å². The van der Waals surface area contributed by atoms with Crippen LogP contribution in [0.3, 0.4) is 0 Å². The van der Waals surface area contributed by atoms with Crippen molar-refractivity contribution in [2.45, 2.75) is 6.92 Å². The third-order valence-corrected chi connectivity index (χ3v) is 4.05. The molecule has 0 atom stereocenters. The van der Waals surface area contributed by atoms with Crippen molar-refractivity contribution in [2.24, 2.45) is 0 Å². The van der Waals surface area contributed by atoms with Crippen molar-refractivity contribution < 1.29 is 5.11 Å². The number of pyridine rings is 1. The highest BCUT2D eigenvalue weighted by atomic mass is 79.9. The number of aromatic hydroxyl groups is 1. The van der Waals surface area contributed by atoms with Crippen LogP contribution in [0, 0.1) is 6.92 Å². The highest BCUT2D eigenvalue weighted by Crippen LogP contribution is 2.37. The first-order chi connectivity index (χ1) is 10.1. The van der Waals surface area contributed by atoms with Gasteiger partial charge in [-0.1, -0.05) is 22.0 Å². The Labute approximate surface area is 137 Å². The highest BCUT2D eigenvalue weighted by Gasteiger charge is 2.15. The molecule has 21 heavy (non-hydrogen) atoms. The maximum atomic E-state index is 10.1. The number of rotatable bonds is 2. The van der Waals surface area contributed by atoms with Gasteiger partial charge in [0.15, 0.2) is 11.6 Å². The van der Waals surface area contributed by atoms with Crippen molar-refractivity contribution in [3.8, 4) is 28.7 Å². The van der Waals surface area contributed by atoms with Gasteiger partial charge >= 0.3 is 0 Å². The predicted molar refractivity (Wildman–Crippen MR) is 86.9 cm³/mol. The largest absolute Gasteiger partial charge is 0.506 e. The van der Waals surface area contributed by atoms with Gasteiger partial charge < -0.3 is 5.11 Å². The summed E-state index contributed by atoms with van der Waals surface area (Å²) >= 11 is 6.70. The van der Waals surface area contributed by atoms with Crippen LogP contribution < -0.4 is 0 Å². The van der Waals surface area contributed by atoms with Crippen molar-refractivity contribution in [1.29, 1.82) is 0 Å². The normalized spacial score (nSPS) is 10.8. The monoisotopic (exact) mass is 408 g/mol. The van der Waals surface area contributed by atoms with Gasteiger partial charge in [-0.3, -0.25) is 10.1 Å². The Morgan fingerprint density at radius 2 is 2.05 bits per heavy atom. The zero-order valence-corrected chi connectivity index (χ0v) is 14.1. The number of halogens is 2. The van der Waals surface area contributed by atoms with Gasteiger partial charge in [0.1, 0.15) is 11.4 Å². The zero-order valence-electron chi connectivity index (χ0n) is 10.9. The van der Waals surface area contributed by atoms with Crippen LogP contribution in [0.2, 0.25) is 0 Å². The number of phenols is 1. The summed E-state index contributed by atoms with van der Waals surface area (Å²) in [5.41, 5.74) is 2.26. The van der Waals surface area contributed by atoms with Crippen molar-refractivity contribution in [1.82, 2.24) is 20.2 Å². The summed E-state index contributed by atoms with van der Waals surface area (Å²) in [4.78, 5) is 8.71. The van der Waals surface area contributed by atoms with Crippen LogP contribution in [0.4, 0.5) is 0 Å². The van der Waals surface area contributed by atoms with Gasteiger partial charge in [0.25, 0.3) is 0 Å². The Bertz CT molecular complexity index is 816. The lowest BCUT2D eigenvalue weighted by Crippen LogP contribution is -1.89. The van der Waals surface area contributed by atoms with E-state index in [9.17, 15) is 5.11 Å². The van der Waals surface area contributed by atoms with E-state index >= 15 is 0 Å². The van der Waals surface area contributed by atoms with Gasteiger partial charge in [-0.2, -0.15) is 5.10 Å². The second kappa shape index (κ2) is 5.57. The van der Waals surface area contributed by atoms with Gasteiger partial charge in [0, 0.05) is 10.7 Å². The molecule has 0 fully saturated rings. The summed E-state index contributed by atoms with van der Waals surface area (Å²) < 4.78 is 1.41. The molecule has 0 unspecified atom stereocenters. The third kappa shape index (κ3) is 2.71. The minimum atomic E-state index is 0.110. The Morgan fingerprint density at radius 3 is 2.81 bits per heavy atom. The van der Waals surface area contributed by atoms with E-state index in [2.05, 4.69) is 52.0 Å². The topological polar surface area (TPSA) is 74.7 Å².